The summed E-state index contributed by atoms with van der Waals surface area (Å²) in [5.74, 6) is -0.445. The second kappa shape index (κ2) is 5.62. The van der Waals surface area contributed by atoms with Crippen molar-refractivity contribution in [2.24, 2.45) is 0 Å². The summed E-state index contributed by atoms with van der Waals surface area (Å²) in [4.78, 5) is 16.0. The number of pyridine rings is 1. The van der Waals surface area contributed by atoms with Crippen molar-refractivity contribution in [3.8, 4) is 0 Å². The van der Waals surface area contributed by atoms with Crippen LogP contribution in [0.4, 0.5) is 13.2 Å². The molecule has 2 rings (SSSR count). The molecule has 0 unspecified atom stereocenters. The fourth-order valence-corrected chi connectivity index (χ4v) is 2.39. The highest BCUT2D eigenvalue weighted by Crippen LogP contribution is 2.27. The summed E-state index contributed by atoms with van der Waals surface area (Å²) in [5.41, 5.74) is 0.163. The topological polar surface area (TPSA) is 42.0 Å². The Morgan fingerprint density at radius 1 is 1.35 bits per heavy atom. The Balaban J connectivity index is 2.01. The van der Waals surface area contributed by atoms with Gasteiger partial charge in [-0.15, -0.1) is 11.3 Å². The third kappa shape index (κ3) is 3.36. The van der Waals surface area contributed by atoms with E-state index in [0.717, 1.165) is 28.8 Å². The Morgan fingerprint density at radius 2 is 2.10 bits per heavy atom. The smallest absolute Gasteiger partial charge is 0.347 e. The molecule has 2 heterocycles. The van der Waals surface area contributed by atoms with Gasteiger partial charge < -0.3 is 5.32 Å². The van der Waals surface area contributed by atoms with Crippen LogP contribution in [0.15, 0.2) is 29.8 Å². The zero-order valence-electron chi connectivity index (χ0n) is 10.5. The van der Waals surface area contributed by atoms with Crippen molar-refractivity contribution in [3.05, 3.63) is 51.5 Å². The van der Waals surface area contributed by atoms with Crippen LogP contribution in [0.5, 0.6) is 0 Å². The van der Waals surface area contributed by atoms with Crippen molar-refractivity contribution in [2.45, 2.75) is 19.6 Å². The fraction of sp³-hybridized carbons (Fsp3) is 0.231. The summed E-state index contributed by atoms with van der Waals surface area (Å²) in [6.07, 6.45) is -3.57. The molecule has 0 saturated carbocycles. The summed E-state index contributed by atoms with van der Waals surface area (Å²) in [5, 5.41) is 4.56. The quantitative estimate of drug-likeness (QED) is 0.944. The van der Waals surface area contributed by atoms with Gasteiger partial charge in [-0.2, -0.15) is 13.2 Å². The van der Waals surface area contributed by atoms with Gasteiger partial charge in [0.1, 0.15) is 5.69 Å². The fourth-order valence-electron chi connectivity index (χ4n) is 1.54. The standard InChI is InChI=1S/C13H11F3N2OS/c1-8-4-5-20-10(8)7-18-12(19)9-2-3-11(17-6-9)13(14,15)16/h2-6H,7H2,1H3,(H,18,19). The van der Waals surface area contributed by atoms with Gasteiger partial charge in [-0.3, -0.25) is 9.78 Å². The average molecular weight is 300 g/mol. The maximum Gasteiger partial charge on any atom is 0.433 e. The largest absolute Gasteiger partial charge is 0.433 e. The predicted molar refractivity (Wildman–Crippen MR) is 69.5 cm³/mol. The lowest BCUT2D eigenvalue weighted by molar-refractivity contribution is -0.141. The third-order valence-electron chi connectivity index (χ3n) is 2.69. The number of thiophene rings is 1. The van der Waals surface area contributed by atoms with Crippen LogP contribution in [-0.2, 0) is 12.7 Å². The Labute approximate surface area is 117 Å². The van der Waals surface area contributed by atoms with E-state index >= 15 is 0 Å². The van der Waals surface area contributed by atoms with E-state index in [1.54, 1.807) is 0 Å². The number of carbonyl (C=O) groups is 1. The van der Waals surface area contributed by atoms with Crippen LogP contribution >= 0.6 is 11.3 Å². The molecule has 0 radical (unpaired) electrons. The second-order valence-corrected chi connectivity index (χ2v) is 5.14. The van der Waals surface area contributed by atoms with E-state index in [9.17, 15) is 18.0 Å². The van der Waals surface area contributed by atoms with E-state index in [1.807, 2.05) is 18.4 Å². The lowest BCUT2D eigenvalue weighted by Gasteiger charge is -2.07. The SMILES string of the molecule is Cc1ccsc1CNC(=O)c1ccc(C(F)(F)F)nc1. The molecule has 0 aliphatic rings. The first-order chi connectivity index (χ1) is 9.38. The first kappa shape index (κ1) is 14.5. The van der Waals surface area contributed by atoms with Crippen molar-refractivity contribution in [3.63, 3.8) is 0 Å². The lowest BCUT2D eigenvalue weighted by atomic mass is 10.2. The molecule has 2 aromatic heterocycles. The first-order valence-electron chi connectivity index (χ1n) is 5.72. The van der Waals surface area contributed by atoms with Crippen LogP contribution in [0.3, 0.4) is 0 Å². The molecule has 20 heavy (non-hydrogen) atoms. The number of rotatable bonds is 3. The van der Waals surface area contributed by atoms with E-state index < -0.39 is 17.8 Å². The predicted octanol–water partition coefficient (Wildman–Crippen LogP) is 3.40. The van der Waals surface area contributed by atoms with Crippen LogP contribution < -0.4 is 5.32 Å². The summed E-state index contributed by atoms with van der Waals surface area (Å²) >= 11 is 1.51. The van der Waals surface area contributed by atoms with Gasteiger partial charge in [0.05, 0.1) is 12.1 Å². The number of nitrogens with zero attached hydrogens (tertiary/aromatic N) is 1. The van der Waals surface area contributed by atoms with Crippen LogP contribution in [0.1, 0.15) is 26.5 Å². The van der Waals surface area contributed by atoms with Crippen LogP contribution in [-0.4, -0.2) is 10.9 Å². The molecule has 3 nitrogen and oxygen atoms in total. The average Bonchev–Trinajstić information content (AvgIpc) is 2.81. The van der Waals surface area contributed by atoms with Gasteiger partial charge in [0, 0.05) is 11.1 Å². The Kier molecular flexibility index (Phi) is 4.08. The highest BCUT2D eigenvalue weighted by Gasteiger charge is 2.32. The van der Waals surface area contributed by atoms with E-state index in [4.69, 9.17) is 0 Å². The summed E-state index contributed by atoms with van der Waals surface area (Å²) in [6, 6.07) is 3.85. The van der Waals surface area contributed by atoms with Crippen LogP contribution in [0, 0.1) is 6.92 Å². The molecule has 0 saturated heterocycles. The molecular weight excluding hydrogens is 289 g/mol. The van der Waals surface area contributed by atoms with Gasteiger partial charge in [0.2, 0.25) is 0 Å². The number of halogens is 3. The number of nitrogens with one attached hydrogen (secondary N) is 1. The molecule has 0 atom stereocenters. The number of hydrogen-bond donors (Lipinski definition) is 1. The first-order valence-corrected chi connectivity index (χ1v) is 6.60. The van der Waals surface area contributed by atoms with Gasteiger partial charge in [0.25, 0.3) is 5.91 Å². The molecule has 0 spiro atoms. The zero-order chi connectivity index (χ0) is 14.8. The number of carbonyl (C=O) groups excluding carboxylic acids is 1. The highest BCUT2D eigenvalue weighted by atomic mass is 32.1. The maximum atomic E-state index is 12.3. The molecule has 0 bridgehead atoms. The number of amides is 1. The molecule has 1 N–H and O–H groups in total. The monoisotopic (exact) mass is 300 g/mol. The minimum Gasteiger partial charge on any atom is -0.347 e. The van der Waals surface area contributed by atoms with Gasteiger partial charge in [-0.05, 0) is 36.1 Å². The molecule has 0 aromatic carbocycles. The molecule has 2 aromatic rings. The summed E-state index contributed by atoms with van der Waals surface area (Å²) in [6.45, 7) is 2.28. The Hall–Kier alpha value is -1.89. The van der Waals surface area contributed by atoms with E-state index in [1.165, 1.54) is 11.3 Å². The van der Waals surface area contributed by atoms with E-state index in [-0.39, 0.29) is 5.56 Å². The minimum absolute atomic E-state index is 0.104. The Bertz CT molecular complexity index is 605. The minimum atomic E-state index is -4.50. The number of aryl methyl sites for hydroxylation is 1. The maximum absolute atomic E-state index is 12.3. The molecule has 0 aliphatic heterocycles. The molecule has 0 fully saturated rings. The number of hydrogen-bond acceptors (Lipinski definition) is 3. The van der Waals surface area contributed by atoms with Crippen LogP contribution in [0.2, 0.25) is 0 Å². The van der Waals surface area contributed by atoms with Gasteiger partial charge in [-0.1, -0.05) is 0 Å². The van der Waals surface area contributed by atoms with Gasteiger partial charge in [0.15, 0.2) is 0 Å². The molecular formula is C13H11F3N2OS. The van der Waals surface area contributed by atoms with E-state index in [0.29, 0.717) is 6.54 Å². The van der Waals surface area contributed by atoms with Crippen LogP contribution in [0.25, 0.3) is 0 Å². The molecule has 1 amide bonds. The molecule has 106 valence electrons. The molecule has 7 heteroatoms. The van der Waals surface area contributed by atoms with Crippen molar-refractivity contribution in [2.75, 3.05) is 0 Å². The number of aromatic nitrogens is 1. The lowest BCUT2D eigenvalue weighted by Crippen LogP contribution is -2.23. The van der Waals surface area contributed by atoms with Gasteiger partial charge in [-0.25, -0.2) is 0 Å². The summed E-state index contributed by atoms with van der Waals surface area (Å²) in [7, 11) is 0. The third-order valence-corrected chi connectivity index (χ3v) is 3.72. The van der Waals surface area contributed by atoms with Crippen molar-refractivity contribution in [1.29, 1.82) is 0 Å². The van der Waals surface area contributed by atoms with Crippen molar-refractivity contribution < 1.29 is 18.0 Å². The van der Waals surface area contributed by atoms with Crippen molar-refractivity contribution in [1.82, 2.24) is 10.3 Å². The van der Waals surface area contributed by atoms with Crippen molar-refractivity contribution >= 4 is 17.2 Å². The summed E-state index contributed by atoms with van der Waals surface area (Å²) < 4.78 is 37.0. The highest BCUT2D eigenvalue weighted by molar-refractivity contribution is 7.10. The van der Waals surface area contributed by atoms with Gasteiger partial charge >= 0.3 is 6.18 Å². The molecule has 0 aliphatic carbocycles. The zero-order valence-corrected chi connectivity index (χ0v) is 11.3. The van der Waals surface area contributed by atoms with E-state index in [2.05, 4.69) is 10.3 Å². The second-order valence-electron chi connectivity index (χ2n) is 4.14. The Morgan fingerprint density at radius 3 is 2.60 bits per heavy atom. The number of alkyl halides is 3. The normalized spacial score (nSPS) is 11.4.